The van der Waals surface area contributed by atoms with E-state index in [9.17, 15) is 0 Å². The molecular weight excluding hydrogens is 1010 g/mol. The van der Waals surface area contributed by atoms with Gasteiger partial charge in [0, 0.05) is 85.0 Å². The largest absolute Gasteiger partial charge is 0.509 e. The Balaban J connectivity index is 0.00000457. The summed E-state index contributed by atoms with van der Waals surface area (Å²) < 4.78 is 8.87. The van der Waals surface area contributed by atoms with Crippen molar-refractivity contribution in [2.45, 2.75) is 49.9 Å². The molecule has 2 aromatic heterocycles. The molecule has 2 unspecified atom stereocenters. The van der Waals surface area contributed by atoms with Gasteiger partial charge in [0.05, 0.1) is 0 Å². The van der Waals surface area contributed by atoms with Crippen LogP contribution in [0.3, 0.4) is 0 Å². The Morgan fingerprint density at radius 2 is 1.06 bits per heavy atom. The number of ether oxygens (including phenoxy) is 1. The van der Waals surface area contributed by atoms with Crippen molar-refractivity contribution in [2.24, 2.45) is 0 Å². The number of aromatic nitrogens is 2. The SMILES string of the molecule is CC(C)(C)c1ccnc(-n2c3[c-]c(Oc4[c-]c(N5[CH-]N(c6ccc7c(c6)C6c8ccccc8C7C7c8ccccc8C6c6ccccc67)c6ccccc65)ccc4)ccc3c3ccccc32)c1.[Pt]. The molecule has 0 saturated carbocycles. The summed E-state index contributed by atoms with van der Waals surface area (Å²) in [5.74, 6) is 2.91. The van der Waals surface area contributed by atoms with Gasteiger partial charge in [-0.3, -0.25) is 0 Å². The quantitative estimate of drug-likeness (QED) is 0.161. The Bertz CT molecular complexity index is 3610. The van der Waals surface area contributed by atoms with E-state index in [0.29, 0.717) is 11.5 Å². The number of hydrogen-bond donors (Lipinski definition) is 0. The average Bonchev–Trinajstić information content (AvgIpc) is 3.90. The first-order valence-electron chi connectivity index (χ1n) is 23.4. The zero-order chi connectivity index (χ0) is 44.5. The third kappa shape index (κ3) is 6.08. The van der Waals surface area contributed by atoms with Crippen LogP contribution in [0.15, 0.2) is 188 Å². The van der Waals surface area contributed by atoms with E-state index in [-0.39, 0.29) is 50.2 Å². The van der Waals surface area contributed by atoms with Crippen molar-refractivity contribution in [3.05, 3.63) is 257 Å². The monoisotopic (exact) mass is 1060 g/mol. The van der Waals surface area contributed by atoms with Crippen molar-refractivity contribution in [1.29, 1.82) is 0 Å². The standard InChI is InChI=1S/C62H45N4O.Pt/c1-62(2,3)38-31-32-63-57(33-38)66-53-24-11-10-17-43(53)44-30-28-42(36-56(44)66)67-41-16-14-15-39(34-41)64-37-65(55-26-13-12-25-54(55)64)40-27-29-51-52(35-40)61-50-23-9-8-22-49(50)60(51)58-45-18-4-6-20-47(45)59(61)48-21-7-5-19-46(48)58;/h4-33,35,37,58-61H,1-3H3;/q-3;. The van der Waals surface area contributed by atoms with E-state index in [1.54, 1.807) is 0 Å². The molecule has 332 valence electrons. The number of nitrogens with zero attached hydrogens (tertiary/aromatic N) is 4. The summed E-state index contributed by atoms with van der Waals surface area (Å²) in [6.45, 7) is 8.91. The smallest absolute Gasteiger partial charge is 0.135 e. The molecule has 68 heavy (non-hydrogen) atoms. The molecule has 6 heteroatoms. The molecule has 3 heterocycles. The van der Waals surface area contributed by atoms with Gasteiger partial charge in [0.1, 0.15) is 5.82 Å². The molecule has 0 saturated heterocycles. The van der Waals surface area contributed by atoms with E-state index < -0.39 is 0 Å². The Hall–Kier alpha value is -7.20. The number of anilines is 4. The number of hydrogen-bond acceptors (Lipinski definition) is 4. The van der Waals surface area contributed by atoms with Crippen LogP contribution in [-0.2, 0) is 26.5 Å². The minimum Gasteiger partial charge on any atom is -0.509 e. The Morgan fingerprint density at radius 1 is 0.500 bits per heavy atom. The zero-order valence-corrected chi connectivity index (χ0v) is 40.1. The predicted octanol–water partition coefficient (Wildman–Crippen LogP) is 15.1. The van der Waals surface area contributed by atoms with Crippen molar-refractivity contribution in [2.75, 3.05) is 9.80 Å². The Labute approximate surface area is 411 Å². The fourth-order valence-corrected chi connectivity index (χ4v) is 12.0. The van der Waals surface area contributed by atoms with Gasteiger partial charge in [-0.1, -0.05) is 135 Å². The van der Waals surface area contributed by atoms with E-state index >= 15 is 0 Å². The first kappa shape index (κ1) is 41.0. The molecule has 1 aliphatic heterocycles. The van der Waals surface area contributed by atoms with E-state index in [1.807, 2.05) is 24.4 Å². The molecular formula is C62H45N4OPt-3. The maximum atomic E-state index is 6.67. The number of rotatable bonds is 5. The van der Waals surface area contributed by atoms with Gasteiger partial charge in [-0.05, 0) is 103 Å². The van der Waals surface area contributed by atoms with Gasteiger partial charge < -0.3 is 19.1 Å². The van der Waals surface area contributed by atoms with Gasteiger partial charge in [-0.25, -0.2) is 4.98 Å². The second kappa shape index (κ2) is 15.4. The van der Waals surface area contributed by atoms with Crippen LogP contribution >= 0.6 is 0 Å². The maximum absolute atomic E-state index is 6.67. The van der Waals surface area contributed by atoms with Crippen molar-refractivity contribution >= 4 is 44.6 Å². The second-order valence-electron chi connectivity index (χ2n) is 19.5. The molecule has 6 aliphatic carbocycles. The molecule has 8 aromatic carbocycles. The normalized spacial score (nSPS) is 18.3. The summed E-state index contributed by atoms with van der Waals surface area (Å²) in [5, 5.41) is 2.24. The summed E-state index contributed by atoms with van der Waals surface area (Å²) in [7, 11) is 0. The Kier molecular flexibility index (Phi) is 9.30. The average molecular weight is 1060 g/mol. The van der Waals surface area contributed by atoms with E-state index in [1.165, 1.54) is 50.1 Å². The van der Waals surface area contributed by atoms with Crippen LogP contribution < -0.4 is 14.5 Å². The zero-order valence-electron chi connectivity index (χ0n) is 37.8. The summed E-state index contributed by atoms with van der Waals surface area (Å²) in [5.41, 5.74) is 19.1. The Morgan fingerprint density at radius 3 is 1.71 bits per heavy atom. The van der Waals surface area contributed by atoms with Crippen LogP contribution in [-0.4, -0.2) is 9.55 Å². The number of pyridine rings is 1. The van der Waals surface area contributed by atoms with E-state index in [0.717, 1.165) is 50.4 Å². The summed E-state index contributed by atoms with van der Waals surface area (Å²) in [6, 6.07) is 74.0. The fourth-order valence-electron chi connectivity index (χ4n) is 12.0. The fraction of sp³-hybridized carbons (Fsp3) is 0.129. The third-order valence-electron chi connectivity index (χ3n) is 14.9. The third-order valence-corrected chi connectivity index (χ3v) is 14.9. The summed E-state index contributed by atoms with van der Waals surface area (Å²) in [4.78, 5) is 9.44. The van der Waals surface area contributed by atoms with Crippen LogP contribution in [0.2, 0.25) is 0 Å². The van der Waals surface area contributed by atoms with Crippen LogP contribution in [0.25, 0.3) is 27.6 Å². The molecule has 0 fully saturated rings. The van der Waals surface area contributed by atoms with Crippen LogP contribution in [0.5, 0.6) is 11.5 Å². The first-order chi connectivity index (χ1) is 32.9. The molecule has 17 rings (SSSR count). The molecule has 2 atom stereocenters. The number of para-hydroxylation sites is 3. The molecule has 10 aromatic rings. The first-order valence-corrected chi connectivity index (χ1v) is 23.4. The molecule has 7 aliphatic rings. The van der Waals surface area contributed by atoms with Crippen molar-refractivity contribution in [1.82, 2.24) is 9.55 Å². The van der Waals surface area contributed by atoms with Crippen molar-refractivity contribution in [3.8, 4) is 17.3 Å². The summed E-state index contributed by atoms with van der Waals surface area (Å²) in [6.07, 6.45) is 1.91. The topological polar surface area (TPSA) is 33.5 Å². The van der Waals surface area contributed by atoms with Crippen LogP contribution in [0.1, 0.15) is 94.5 Å². The van der Waals surface area contributed by atoms with Gasteiger partial charge >= 0.3 is 0 Å². The molecule has 0 amide bonds. The maximum Gasteiger partial charge on any atom is 0.135 e. The van der Waals surface area contributed by atoms with E-state index in [4.69, 9.17) is 9.72 Å². The van der Waals surface area contributed by atoms with Crippen molar-refractivity contribution in [3.63, 3.8) is 0 Å². The minimum absolute atomic E-state index is 0. The molecule has 0 radical (unpaired) electrons. The second-order valence-corrected chi connectivity index (χ2v) is 19.5. The minimum atomic E-state index is -0.0214. The number of fused-ring (bicyclic) bond motifs is 4. The van der Waals surface area contributed by atoms with Gasteiger partial charge in [-0.2, -0.15) is 12.1 Å². The van der Waals surface area contributed by atoms with Crippen LogP contribution in [0, 0.1) is 18.8 Å². The predicted molar refractivity (Wildman–Crippen MR) is 270 cm³/mol. The molecule has 0 spiro atoms. The molecule has 5 nitrogen and oxygen atoms in total. The molecule has 0 N–H and O–H groups in total. The van der Waals surface area contributed by atoms with Gasteiger partial charge in [-0.15, -0.1) is 48.1 Å². The summed E-state index contributed by atoms with van der Waals surface area (Å²) >= 11 is 0. The van der Waals surface area contributed by atoms with Crippen molar-refractivity contribution < 1.29 is 25.8 Å². The van der Waals surface area contributed by atoms with E-state index in [2.05, 4.69) is 218 Å². The van der Waals surface area contributed by atoms with Gasteiger partial charge in [0.15, 0.2) is 0 Å². The van der Waals surface area contributed by atoms with Gasteiger partial charge in [0.25, 0.3) is 0 Å². The number of benzene rings is 8. The molecule has 4 bridgehead atoms. The van der Waals surface area contributed by atoms with Gasteiger partial charge in [0.2, 0.25) is 0 Å². The van der Waals surface area contributed by atoms with Crippen LogP contribution in [0.4, 0.5) is 22.7 Å².